The number of rotatable bonds is 7. The Bertz CT molecular complexity index is 1780. The fourth-order valence-electron chi connectivity index (χ4n) is 5.94. The molecule has 11 heteroatoms. The van der Waals surface area contributed by atoms with Gasteiger partial charge in [-0.05, 0) is 30.7 Å². The topological polar surface area (TPSA) is 129 Å². The predicted molar refractivity (Wildman–Crippen MR) is 162 cm³/mol. The Morgan fingerprint density at radius 3 is 1.82 bits per heavy atom. The Balaban J connectivity index is 2.04. The molecule has 0 fully saturated rings. The zero-order valence-corrected chi connectivity index (χ0v) is 25.3. The van der Waals surface area contributed by atoms with Crippen LogP contribution >= 0.6 is 0 Å². The highest BCUT2D eigenvalue weighted by Gasteiger charge is 2.65. The third-order valence-corrected chi connectivity index (χ3v) is 7.79. The fourth-order valence-corrected chi connectivity index (χ4v) is 5.94. The first-order chi connectivity index (χ1) is 21.7. The molecule has 3 aromatic rings. The zero-order valence-electron chi connectivity index (χ0n) is 25.3. The Morgan fingerprint density at radius 2 is 1.24 bits per heavy atom. The monoisotopic (exact) mass is 610 g/mol. The average molecular weight is 611 g/mol. The van der Waals surface area contributed by atoms with Crippen molar-refractivity contribution >= 4 is 41.2 Å². The number of carbonyl (C=O) groups is 5. The maximum Gasteiger partial charge on any atom is 0.355 e. The van der Waals surface area contributed by atoms with Crippen LogP contribution in [0.15, 0.2) is 101 Å². The number of hydrogen-bond acceptors (Lipinski definition) is 10. The van der Waals surface area contributed by atoms with Crippen LogP contribution in [0.3, 0.4) is 0 Å². The number of methoxy groups -OCH3 is 4. The third kappa shape index (κ3) is 4.73. The predicted octanol–water partition coefficient (Wildman–Crippen LogP) is 3.50. The van der Waals surface area contributed by atoms with Crippen molar-refractivity contribution in [1.82, 2.24) is 0 Å². The van der Waals surface area contributed by atoms with Crippen LogP contribution in [0.4, 0.5) is 11.4 Å². The summed E-state index contributed by atoms with van der Waals surface area (Å²) in [4.78, 5) is 73.2. The molecule has 0 N–H and O–H groups in total. The van der Waals surface area contributed by atoms with E-state index in [9.17, 15) is 19.2 Å². The van der Waals surface area contributed by atoms with E-state index in [2.05, 4.69) is 0 Å². The van der Waals surface area contributed by atoms with Crippen LogP contribution in [0, 0.1) is 6.92 Å². The Hall–Kier alpha value is -5.71. The first-order valence-corrected chi connectivity index (χ1v) is 13.8. The van der Waals surface area contributed by atoms with Crippen LogP contribution in [0.1, 0.15) is 16.7 Å². The largest absolute Gasteiger partial charge is 0.466 e. The van der Waals surface area contributed by atoms with Crippen molar-refractivity contribution in [3.63, 3.8) is 0 Å². The average Bonchev–Trinajstić information content (AvgIpc) is 3.29. The van der Waals surface area contributed by atoms with Gasteiger partial charge in [0, 0.05) is 11.3 Å². The van der Waals surface area contributed by atoms with Gasteiger partial charge in [-0.1, -0.05) is 66.2 Å². The van der Waals surface area contributed by atoms with E-state index in [1.165, 1.54) is 9.80 Å². The minimum Gasteiger partial charge on any atom is -0.466 e. The third-order valence-electron chi connectivity index (χ3n) is 7.79. The lowest BCUT2D eigenvalue weighted by molar-refractivity contribution is -0.143. The van der Waals surface area contributed by atoms with Crippen LogP contribution in [0.5, 0.6) is 0 Å². The molecule has 0 bridgehead atoms. The number of para-hydroxylation sites is 1. The van der Waals surface area contributed by atoms with Gasteiger partial charge < -0.3 is 28.7 Å². The van der Waals surface area contributed by atoms with E-state index in [0.29, 0.717) is 11.3 Å². The zero-order chi connectivity index (χ0) is 32.5. The molecule has 0 saturated carbocycles. The Labute approximate surface area is 259 Å². The molecule has 1 atom stereocenters. The van der Waals surface area contributed by atoms with Crippen LogP contribution in [-0.2, 0) is 55.0 Å². The quantitative estimate of drug-likeness (QED) is 0.290. The van der Waals surface area contributed by atoms with Crippen LogP contribution < -0.4 is 9.80 Å². The van der Waals surface area contributed by atoms with Gasteiger partial charge in [0.15, 0.2) is 5.54 Å². The summed E-state index contributed by atoms with van der Waals surface area (Å²) in [6, 6.07) is 22.6. The maximum absolute atomic E-state index is 15.3. The number of nitrogens with zero attached hydrogens (tertiary/aromatic N) is 2. The van der Waals surface area contributed by atoms with Gasteiger partial charge in [0.2, 0.25) is 0 Å². The van der Waals surface area contributed by atoms with Crippen molar-refractivity contribution in [2.24, 2.45) is 0 Å². The fraction of sp³-hybridized carbons (Fsp3) is 0.206. The molecule has 1 amide bonds. The van der Waals surface area contributed by atoms with E-state index in [-0.39, 0.29) is 17.8 Å². The summed E-state index contributed by atoms with van der Waals surface area (Å²) in [7, 11) is 4.27. The van der Waals surface area contributed by atoms with Crippen molar-refractivity contribution in [1.29, 1.82) is 0 Å². The van der Waals surface area contributed by atoms with Crippen molar-refractivity contribution in [3.05, 3.63) is 118 Å². The number of amides is 1. The SMILES string of the molecule is COC(=O)C1=C(C(=O)OC)N(c2ccccc2)C2(C(=O)N(Cc3ccccc3)c3ccc(C)cc32)C(C(=O)OC)=C1C(=O)OC. The van der Waals surface area contributed by atoms with Gasteiger partial charge in [0.1, 0.15) is 11.3 Å². The molecule has 5 rings (SSSR count). The molecule has 2 aliphatic rings. The standard InChI is InChI=1S/C34H30N2O9/c1-20-16-17-24-23(18-20)34(33(41)35(24)19-21-12-8-6-9-13-21)27(31(39)44-4)25(29(37)42-2)26(30(38)43-3)28(32(40)45-5)36(34)22-14-10-7-11-15-22/h6-18H,19H2,1-5H3. The smallest absolute Gasteiger partial charge is 0.355 e. The van der Waals surface area contributed by atoms with Gasteiger partial charge in [-0.2, -0.15) is 0 Å². The normalized spacial score (nSPS) is 17.3. The van der Waals surface area contributed by atoms with Gasteiger partial charge >= 0.3 is 23.9 Å². The molecular weight excluding hydrogens is 580 g/mol. The Kier molecular flexibility index (Phi) is 8.28. The summed E-state index contributed by atoms with van der Waals surface area (Å²) in [5.74, 6) is -5.20. The van der Waals surface area contributed by atoms with Crippen LogP contribution in [0.25, 0.3) is 0 Å². The van der Waals surface area contributed by atoms with Gasteiger partial charge in [0.05, 0.1) is 51.8 Å². The van der Waals surface area contributed by atoms with E-state index in [4.69, 9.17) is 18.9 Å². The summed E-state index contributed by atoms with van der Waals surface area (Å²) in [6.45, 7) is 1.87. The number of hydrogen-bond donors (Lipinski definition) is 0. The van der Waals surface area contributed by atoms with E-state index < -0.39 is 57.7 Å². The molecule has 2 aliphatic heterocycles. The summed E-state index contributed by atoms with van der Waals surface area (Å²) < 4.78 is 20.5. The molecule has 0 radical (unpaired) electrons. The molecule has 0 saturated heterocycles. The molecule has 0 aliphatic carbocycles. The first kappa shape index (κ1) is 30.7. The van der Waals surface area contributed by atoms with Gasteiger partial charge in [-0.15, -0.1) is 0 Å². The highest BCUT2D eigenvalue weighted by molar-refractivity contribution is 6.26. The lowest BCUT2D eigenvalue weighted by Gasteiger charge is -2.46. The molecule has 11 nitrogen and oxygen atoms in total. The van der Waals surface area contributed by atoms with E-state index >= 15 is 4.79 Å². The molecule has 2 heterocycles. The second-order valence-electron chi connectivity index (χ2n) is 10.2. The molecular formula is C34H30N2O9. The summed E-state index contributed by atoms with van der Waals surface area (Å²) >= 11 is 0. The highest BCUT2D eigenvalue weighted by atomic mass is 16.5. The molecule has 1 spiro atoms. The van der Waals surface area contributed by atoms with Crippen molar-refractivity contribution in [2.45, 2.75) is 19.0 Å². The van der Waals surface area contributed by atoms with Crippen molar-refractivity contribution < 1.29 is 42.9 Å². The van der Waals surface area contributed by atoms with Crippen LogP contribution in [-0.4, -0.2) is 58.2 Å². The number of ether oxygens (including phenoxy) is 4. The molecule has 45 heavy (non-hydrogen) atoms. The van der Waals surface area contributed by atoms with Crippen molar-refractivity contribution in [2.75, 3.05) is 38.2 Å². The number of benzene rings is 3. The number of fused-ring (bicyclic) bond motifs is 2. The minimum absolute atomic E-state index is 0.0727. The second-order valence-corrected chi connectivity index (χ2v) is 10.2. The summed E-state index contributed by atoms with van der Waals surface area (Å²) in [5.41, 5.74) is -2.20. The highest BCUT2D eigenvalue weighted by Crippen LogP contribution is 2.56. The van der Waals surface area contributed by atoms with Crippen molar-refractivity contribution in [3.8, 4) is 0 Å². The summed E-state index contributed by atoms with van der Waals surface area (Å²) in [5, 5.41) is 0. The Morgan fingerprint density at radius 1 is 0.689 bits per heavy atom. The van der Waals surface area contributed by atoms with E-state index in [1.54, 1.807) is 55.5 Å². The van der Waals surface area contributed by atoms with Gasteiger partial charge in [0.25, 0.3) is 5.91 Å². The minimum atomic E-state index is -2.25. The number of carbonyl (C=O) groups excluding carboxylic acids is 5. The van der Waals surface area contributed by atoms with Crippen LogP contribution in [0.2, 0.25) is 0 Å². The maximum atomic E-state index is 15.3. The molecule has 0 aromatic heterocycles. The molecule has 1 unspecified atom stereocenters. The molecule has 3 aromatic carbocycles. The lowest BCUT2D eigenvalue weighted by atomic mass is 9.73. The lowest BCUT2D eigenvalue weighted by Crippen LogP contribution is -2.60. The second kappa shape index (κ2) is 12.1. The van der Waals surface area contributed by atoms with Gasteiger partial charge in [-0.25, -0.2) is 19.2 Å². The van der Waals surface area contributed by atoms with E-state index in [1.807, 2.05) is 30.3 Å². The summed E-state index contributed by atoms with van der Waals surface area (Å²) in [6.07, 6.45) is 0. The first-order valence-electron chi connectivity index (χ1n) is 13.8. The number of anilines is 2. The van der Waals surface area contributed by atoms with E-state index in [0.717, 1.165) is 34.0 Å². The van der Waals surface area contributed by atoms with Gasteiger partial charge in [-0.3, -0.25) is 4.79 Å². The number of aryl methyl sites for hydroxylation is 1. The molecule has 230 valence electrons. The number of esters is 4.